The van der Waals surface area contributed by atoms with Gasteiger partial charge in [-0.15, -0.1) is 11.3 Å². The van der Waals surface area contributed by atoms with Crippen molar-refractivity contribution >= 4 is 39.2 Å². The number of pyridine rings is 1. The molecule has 1 fully saturated rings. The molecule has 2 aromatic heterocycles. The van der Waals surface area contributed by atoms with Gasteiger partial charge in [-0.05, 0) is 17.5 Å². The second kappa shape index (κ2) is 6.82. The van der Waals surface area contributed by atoms with Crippen LogP contribution in [-0.4, -0.2) is 59.7 Å². The topological polar surface area (TPSA) is 85.8 Å². The lowest BCUT2D eigenvalue weighted by Gasteiger charge is -2.35. The van der Waals surface area contributed by atoms with Crippen molar-refractivity contribution in [1.29, 1.82) is 0 Å². The van der Waals surface area contributed by atoms with E-state index in [1.807, 2.05) is 12.3 Å². The molecule has 0 bridgehead atoms. The van der Waals surface area contributed by atoms with Gasteiger partial charge in [0.1, 0.15) is 5.82 Å². The Morgan fingerprint density at radius 3 is 2.78 bits per heavy atom. The fourth-order valence-corrected chi connectivity index (χ4v) is 3.42. The lowest BCUT2D eigenvalue weighted by molar-refractivity contribution is -0.136. The average molecular weight is 334 g/mol. The summed E-state index contributed by atoms with van der Waals surface area (Å²) in [6.45, 7) is 2.79. The summed E-state index contributed by atoms with van der Waals surface area (Å²) in [6.07, 6.45) is 1.76. The molecule has 0 unspecified atom stereocenters. The molecule has 0 saturated carbocycles. The molecule has 0 aromatic carbocycles. The van der Waals surface area contributed by atoms with E-state index in [2.05, 4.69) is 26.6 Å². The minimum absolute atomic E-state index is 0.0597. The lowest BCUT2D eigenvalue weighted by atomic mass is 10.2. The van der Waals surface area contributed by atoms with Crippen molar-refractivity contribution in [2.45, 2.75) is 6.42 Å². The van der Waals surface area contributed by atoms with Gasteiger partial charge in [0.25, 0.3) is 0 Å². The van der Waals surface area contributed by atoms with Crippen LogP contribution < -0.4 is 10.2 Å². The van der Waals surface area contributed by atoms with Gasteiger partial charge in [0.15, 0.2) is 0 Å². The molecular formula is C15H18N4O3S. The van der Waals surface area contributed by atoms with Crippen molar-refractivity contribution in [2.75, 3.05) is 37.6 Å². The van der Waals surface area contributed by atoms with Crippen LogP contribution >= 0.6 is 11.3 Å². The normalized spacial score (nSPS) is 15.0. The number of hydrogen-bond acceptors (Lipinski definition) is 5. The van der Waals surface area contributed by atoms with Gasteiger partial charge in [-0.25, -0.2) is 9.78 Å². The first-order valence-corrected chi connectivity index (χ1v) is 8.35. The Morgan fingerprint density at radius 1 is 1.26 bits per heavy atom. The molecule has 3 rings (SSSR count). The largest absolute Gasteiger partial charge is 0.481 e. The van der Waals surface area contributed by atoms with Crippen LogP contribution in [0, 0.1) is 0 Å². The Morgan fingerprint density at radius 2 is 2.04 bits per heavy atom. The van der Waals surface area contributed by atoms with E-state index >= 15 is 0 Å². The number of carbonyl (C=O) groups is 2. The molecule has 2 aromatic rings. The number of aliphatic carboxylic acids is 1. The maximum Gasteiger partial charge on any atom is 0.317 e. The highest BCUT2D eigenvalue weighted by molar-refractivity contribution is 7.17. The van der Waals surface area contributed by atoms with Gasteiger partial charge in [-0.1, -0.05) is 0 Å². The number of urea groups is 1. The molecule has 0 radical (unpaired) electrons. The molecular weight excluding hydrogens is 316 g/mol. The summed E-state index contributed by atoms with van der Waals surface area (Å²) in [5.74, 6) is 0.0553. The number of rotatable bonds is 4. The molecule has 1 saturated heterocycles. The van der Waals surface area contributed by atoms with E-state index in [0.29, 0.717) is 26.2 Å². The number of hydrogen-bond donors (Lipinski definition) is 2. The maximum atomic E-state index is 12.0. The van der Waals surface area contributed by atoms with Crippen LogP contribution in [-0.2, 0) is 4.79 Å². The zero-order valence-corrected chi connectivity index (χ0v) is 13.4. The standard InChI is InChI=1S/C15H18N4O3S/c20-13(21)2-5-17-15(22)19-8-6-18(7-9-19)14-11-3-10-23-12(11)1-4-16-14/h1,3-4,10H,2,5-9H2,(H,17,22)(H,20,21). The van der Waals surface area contributed by atoms with E-state index in [4.69, 9.17) is 5.11 Å². The fourth-order valence-electron chi connectivity index (χ4n) is 2.64. The number of anilines is 1. The SMILES string of the molecule is O=C(O)CCNC(=O)N1CCN(c2nccc3sccc23)CC1. The Hall–Kier alpha value is -2.35. The number of nitrogens with zero attached hydrogens (tertiary/aromatic N) is 3. The van der Waals surface area contributed by atoms with Gasteiger partial charge in [0.2, 0.25) is 0 Å². The third-order valence-corrected chi connectivity index (χ3v) is 4.72. The molecule has 3 heterocycles. The first-order valence-electron chi connectivity index (χ1n) is 7.47. The van der Waals surface area contributed by atoms with Gasteiger partial charge in [-0.3, -0.25) is 4.79 Å². The Balaban J connectivity index is 1.57. The third kappa shape index (κ3) is 3.53. The second-order valence-electron chi connectivity index (χ2n) is 5.32. The molecule has 0 atom stereocenters. The van der Waals surface area contributed by atoms with Gasteiger partial charge >= 0.3 is 12.0 Å². The van der Waals surface area contributed by atoms with Crippen LogP contribution in [0.25, 0.3) is 10.1 Å². The summed E-state index contributed by atoms with van der Waals surface area (Å²) >= 11 is 1.69. The number of aromatic nitrogens is 1. The molecule has 0 aliphatic carbocycles. The number of carboxylic acids is 1. The Kier molecular flexibility index (Phi) is 4.61. The Bertz CT molecular complexity index is 710. The van der Waals surface area contributed by atoms with E-state index < -0.39 is 5.97 Å². The molecule has 2 amide bonds. The van der Waals surface area contributed by atoms with Crippen molar-refractivity contribution in [3.63, 3.8) is 0 Å². The summed E-state index contributed by atoms with van der Waals surface area (Å²) in [7, 11) is 0. The number of fused-ring (bicyclic) bond motifs is 1. The first kappa shape index (κ1) is 15.5. The zero-order chi connectivity index (χ0) is 16.2. The summed E-state index contributed by atoms with van der Waals surface area (Å²) in [5, 5.41) is 14.4. The van der Waals surface area contributed by atoms with E-state index in [9.17, 15) is 9.59 Å². The van der Waals surface area contributed by atoms with E-state index in [1.165, 1.54) is 4.70 Å². The molecule has 8 heteroatoms. The molecule has 1 aliphatic heterocycles. The van der Waals surface area contributed by atoms with Gasteiger partial charge in [0.05, 0.1) is 6.42 Å². The number of nitrogens with one attached hydrogen (secondary N) is 1. The van der Waals surface area contributed by atoms with Gasteiger partial charge in [0, 0.05) is 49.0 Å². The molecule has 1 aliphatic rings. The summed E-state index contributed by atoms with van der Waals surface area (Å²) < 4.78 is 1.21. The van der Waals surface area contributed by atoms with Crippen molar-refractivity contribution < 1.29 is 14.7 Å². The zero-order valence-electron chi connectivity index (χ0n) is 12.6. The summed E-state index contributed by atoms with van der Waals surface area (Å²) in [5.41, 5.74) is 0. The van der Waals surface area contributed by atoms with Crippen LogP contribution in [0.2, 0.25) is 0 Å². The van der Waals surface area contributed by atoms with Gasteiger partial charge in [-0.2, -0.15) is 0 Å². The highest BCUT2D eigenvalue weighted by atomic mass is 32.1. The van der Waals surface area contributed by atoms with Crippen molar-refractivity contribution in [3.05, 3.63) is 23.7 Å². The molecule has 7 nitrogen and oxygen atoms in total. The Labute approximate surface area is 137 Å². The molecule has 2 N–H and O–H groups in total. The number of carboxylic acid groups (broad SMARTS) is 1. The van der Waals surface area contributed by atoms with Crippen molar-refractivity contribution in [1.82, 2.24) is 15.2 Å². The predicted octanol–water partition coefficient (Wildman–Crippen LogP) is 1.60. The van der Waals surface area contributed by atoms with Crippen molar-refractivity contribution in [3.8, 4) is 0 Å². The monoisotopic (exact) mass is 334 g/mol. The third-order valence-electron chi connectivity index (χ3n) is 3.84. The number of carbonyl (C=O) groups excluding carboxylic acids is 1. The predicted molar refractivity (Wildman–Crippen MR) is 89.1 cm³/mol. The smallest absolute Gasteiger partial charge is 0.317 e. The van der Waals surface area contributed by atoms with E-state index in [1.54, 1.807) is 16.2 Å². The van der Waals surface area contributed by atoms with Crippen molar-refractivity contribution in [2.24, 2.45) is 0 Å². The number of thiophene rings is 1. The van der Waals surface area contributed by atoms with Crippen LogP contribution in [0.15, 0.2) is 23.7 Å². The maximum absolute atomic E-state index is 12.0. The summed E-state index contributed by atoms with van der Waals surface area (Å²) in [6, 6.07) is 3.88. The quantitative estimate of drug-likeness (QED) is 0.887. The van der Waals surface area contributed by atoms with Crippen LogP contribution in [0.5, 0.6) is 0 Å². The fraction of sp³-hybridized carbons (Fsp3) is 0.400. The van der Waals surface area contributed by atoms with E-state index in [0.717, 1.165) is 11.2 Å². The lowest BCUT2D eigenvalue weighted by Crippen LogP contribution is -2.52. The van der Waals surface area contributed by atoms with Crippen LogP contribution in [0.4, 0.5) is 10.6 Å². The highest BCUT2D eigenvalue weighted by Crippen LogP contribution is 2.28. The molecule has 23 heavy (non-hydrogen) atoms. The van der Waals surface area contributed by atoms with E-state index in [-0.39, 0.29) is 19.0 Å². The van der Waals surface area contributed by atoms with Crippen LogP contribution in [0.1, 0.15) is 6.42 Å². The second-order valence-corrected chi connectivity index (χ2v) is 6.26. The highest BCUT2D eigenvalue weighted by Gasteiger charge is 2.22. The minimum Gasteiger partial charge on any atom is -0.481 e. The minimum atomic E-state index is -0.912. The number of amides is 2. The summed E-state index contributed by atoms with van der Waals surface area (Å²) in [4.78, 5) is 30.8. The number of piperazine rings is 1. The molecule has 0 spiro atoms. The van der Waals surface area contributed by atoms with Crippen LogP contribution in [0.3, 0.4) is 0 Å². The first-order chi connectivity index (χ1) is 11.1. The molecule has 122 valence electrons. The average Bonchev–Trinajstić information content (AvgIpc) is 3.03. The van der Waals surface area contributed by atoms with Gasteiger partial charge < -0.3 is 20.2 Å².